The van der Waals surface area contributed by atoms with Crippen LogP contribution in [0.5, 0.6) is 0 Å². The molecule has 0 fully saturated rings. The number of rotatable bonds is 4. The molecule has 0 amide bonds. The van der Waals surface area contributed by atoms with E-state index < -0.39 is 9.84 Å². The highest BCUT2D eigenvalue weighted by atomic mass is 32.2. The predicted molar refractivity (Wildman–Crippen MR) is 80.4 cm³/mol. The minimum atomic E-state index is -3.48. The van der Waals surface area contributed by atoms with E-state index in [1.807, 2.05) is 18.2 Å². The fraction of sp³-hybridized carbons (Fsp3) is 0.250. The van der Waals surface area contributed by atoms with Gasteiger partial charge >= 0.3 is 0 Å². The Bertz CT molecular complexity index is 773. The Morgan fingerprint density at radius 3 is 2.43 bits per heavy atom. The lowest BCUT2D eigenvalue weighted by molar-refractivity contribution is 0.595. The summed E-state index contributed by atoms with van der Waals surface area (Å²) in [6, 6.07) is 12.1. The molecule has 0 saturated carbocycles. The molecular formula is C16H16N2O2S. The summed E-state index contributed by atoms with van der Waals surface area (Å²) in [6.07, 6.45) is 1.48. The van der Waals surface area contributed by atoms with Crippen molar-refractivity contribution < 1.29 is 8.42 Å². The summed E-state index contributed by atoms with van der Waals surface area (Å²) >= 11 is 0. The van der Waals surface area contributed by atoms with Crippen LogP contribution in [0.4, 0.5) is 0 Å². The number of nitriles is 1. The highest BCUT2D eigenvalue weighted by Crippen LogP contribution is 2.21. The van der Waals surface area contributed by atoms with Crippen LogP contribution in [-0.2, 0) is 15.6 Å². The highest BCUT2D eigenvalue weighted by Gasteiger charge is 2.18. The third-order valence-electron chi connectivity index (χ3n) is 3.25. The molecule has 0 atom stereocenters. The first kappa shape index (κ1) is 15.2. The summed E-state index contributed by atoms with van der Waals surface area (Å²) in [6.45, 7) is 4.11. The van der Waals surface area contributed by atoms with Crippen molar-refractivity contribution in [1.29, 1.82) is 5.26 Å². The zero-order valence-corrected chi connectivity index (χ0v) is 12.8. The molecule has 1 aromatic heterocycles. The fourth-order valence-electron chi connectivity index (χ4n) is 2.00. The molecule has 0 aliphatic carbocycles. The number of hydrogen-bond donors (Lipinski definition) is 0. The van der Waals surface area contributed by atoms with Crippen LogP contribution in [0.25, 0.3) is 0 Å². The Labute approximate surface area is 125 Å². The topological polar surface area (TPSA) is 70.8 Å². The summed E-state index contributed by atoms with van der Waals surface area (Å²) in [5.41, 5.74) is 1.67. The van der Waals surface area contributed by atoms with Crippen molar-refractivity contribution in [2.24, 2.45) is 0 Å². The van der Waals surface area contributed by atoms with Crippen LogP contribution in [0.2, 0.25) is 0 Å². The average Bonchev–Trinajstić information content (AvgIpc) is 2.47. The highest BCUT2D eigenvalue weighted by molar-refractivity contribution is 7.90. The van der Waals surface area contributed by atoms with Crippen LogP contribution in [0.3, 0.4) is 0 Å². The number of nitrogens with zero attached hydrogens (tertiary/aromatic N) is 2. The molecule has 21 heavy (non-hydrogen) atoms. The third-order valence-corrected chi connectivity index (χ3v) is 4.93. The number of sulfone groups is 1. The van der Waals surface area contributed by atoms with Gasteiger partial charge in [-0.1, -0.05) is 32.0 Å². The number of aromatic nitrogens is 1. The molecular weight excluding hydrogens is 284 g/mol. The molecule has 1 heterocycles. The summed E-state index contributed by atoms with van der Waals surface area (Å²) in [4.78, 5) is 4.15. The molecule has 0 bridgehead atoms. The molecule has 0 spiro atoms. The van der Waals surface area contributed by atoms with E-state index in [4.69, 9.17) is 5.26 Å². The van der Waals surface area contributed by atoms with Crippen molar-refractivity contribution in [2.45, 2.75) is 30.4 Å². The molecule has 0 aliphatic heterocycles. The number of hydrogen-bond acceptors (Lipinski definition) is 4. The van der Waals surface area contributed by atoms with Gasteiger partial charge in [0.15, 0.2) is 9.84 Å². The summed E-state index contributed by atoms with van der Waals surface area (Å²) in [5.74, 6) is 0.135. The first-order chi connectivity index (χ1) is 9.94. The molecule has 1 aromatic carbocycles. The SMILES string of the molecule is CC(C)c1ccc(S(=O)(=O)Cc2cccnc2C#N)cc1. The second-order valence-corrected chi connectivity index (χ2v) is 7.10. The van der Waals surface area contributed by atoms with Gasteiger partial charge in [0.1, 0.15) is 11.8 Å². The zero-order valence-electron chi connectivity index (χ0n) is 11.9. The van der Waals surface area contributed by atoms with Gasteiger partial charge in [-0.3, -0.25) is 0 Å². The van der Waals surface area contributed by atoms with Gasteiger partial charge < -0.3 is 0 Å². The van der Waals surface area contributed by atoms with E-state index in [1.165, 1.54) is 6.20 Å². The van der Waals surface area contributed by atoms with Crippen LogP contribution in [0.1, 0.15) is 36.6 Å². The van der Waals surface area contributed by atoms with Crippen LogP contribution in [0, 0.1) is 11.3 Å². The Balaban J connectivity index is 2.32. The maximum absolute atomic E-state index is 12.4. The molecule has 0 unspecified atom stereocenters. The van der Waals surface area contributed by atoms with Crippen LogP contribution < -0.4 is 0 Å². The molecule has 2 rings (SSSR count). The van der Waals surface area contributed by atoms with Crippen molar-refractivity contribution in [1.82, 2.24) is 4.98 Å². The number of benzene rings is 1. The minimum absolute atomic E-state index is 0.153. The Morgan fingerprint density at radius 1 is 1.19 bits per heavy atom. The first-order valence-corrected chi connectivity index (χ1v) is 8.26. The van der Waals surface area contributed by atoms with Crippen LogP contribution in [-0.4, -0.2) is 13.4 Å². The summed E-state index contributed by atoms with van der Waals surface area (Å²) in [5, 5.41) is 8.98. The third kappa shape index (κ3) is 3.47. The standard InChI is InChI=1S/C16H16N2O2S/c1-12(2)13-5-7-15(8-6-13)21(19,20)11-14-4-3-9-18-16(14)10-17/h3-9,12H,11H2,1-2H3. The van der Waals surface area contributed by atoms with Gasteiger partial charge in [-0.2, -0.15) is 5.26 Å². The van der Waals surface area contributed by atoms with Gasteiger partial charge in [-0.25, -0.2) is 13.4 Å². The molecule has 0 saturated heterocycles. The summed E-state index contributed by atoms with van der Waals surface area (Å²) in [7, 11) is -3.48. The molecule has 4 nitrogen and oxygen atoms in total. The van der Waals surface area contributed by atoms with Crippen molar-refractivity contribution in [3.05, 3.63) is 59.4 Å². The maximum atomic E-state index is 12.4. The lowest BCUT2D eigenvalue weighted by Crippen LogP contribution is -2.07. The summed E-state index contributed by atoms with van der Waals surface area (Å²) < 4.78 is 24.8. The molecule has 0 aliphatic rings. The maximum Gasteiger partial charge on any atom is 0.182 e. The minimum Gasteiger partial charge on any atom is -0.245 e. The second-order valence-electron chi connectivity index (χ2n) is 5.11. The van der Waals surface area contributed by atoms with Gasteiger partial charge in [0, 0.05) is 11.8 Å². The lowest BCUT2D eigenvalue weighted by atomic mass is 10.0. The van der Waals surface area contributed by atoms with Gasteiger partial charge in [-0.15, -0.1) is 0 Å². The van der Waals surface area contributed by atoms with E-state index >= 15 is 0 Å². The van der Waals surface area contributed by atoms with E-state index in [0.717, 1.165) is 5.56 Å². The van der Waals surface area contributed by atoms with Gasteiger partial charge in [0.25, 0.3) is 0 Å². The largest absolute Gasteiger partial charge is 0.245 e. The average molecular weight is 300 g/mol. The molecule has 108 valence electrons. The first-order valence-electron chi connectivity index (χ1n) is 6.61. The molecule has 0 radical (unpaired) electrons. The number of pyridine rings is 1. The lowest BCUT2D eigenvalue weighted by Gasteiger charge is -2.08. The monoisotopic (exact) mass is 300 g/mol. The Kier molecular flexibility index (Phi) is 4.39. The van der Waals surface area contributed by atoms with Crippen molar-refractivity contribution in [3.8, 4) is 6.07 Å². The van der Waals surface area contributed by atoms with E-state index in [0.29, 0.717) is 11.5 Å². The van der Waals surface area contributed by atoms with Gasteiger partial charge in [0.05, 0.1) is 10.6 Å². The normalized spacial score (nSPS) is 11.3. The van der Waals surface area contributed by atoms with E-state index in [-0.39, 0.29) is 16.3 Å². The molecule has 2 aromatic rings. The Hall–Kier alpha value is -2.19. The molecule has 0 N–H and O–H groups in total. The van der Waals surface area contributed by atoms with Gasteiger partial charge in [0.2, 0.25) is 0 Å². The Morgan fingerprint density at radius 2 is 1.86 bits per heavy atom. The van der Waals surface area contributed by atoms with Crippen LogP contribution >= 0.6 is 0 Å². The molecule has 5 heteroatoms. The van der Waals surface area contributed by atoms with Crippen molar-refractivity contribution >= 4 is 9.84 Å². The van der Waals surface area contributed by atoms with Crippen molar-refractivity contribution in [2.75, 3.05) is 0 Å². The quantitative estimate of drug-likeness (QED) is 0.870. The van der Waals surface area contributed by atoms with E-state index in [2.05, 4.69) is 18.8 Å². The predicted octanol–water partition coefficient (Wildman–Crippen LogP) is 3.05. The van der Waals surface area contributed by atoms with Gasteiger partial charge in [-0.05, 0) is 29.7 Å². The second kappa shape index (κ2) is 6.06. The zero-order chi connectivity index (χ0) is 15.5. The fourth-order valence-corrected chi connectivity index (χ4v) is 3.36. The van der Waals surface area contributed by atoms with E-state index in [9.17, 15) is 8.42 Å². The smallest absolute Gasteiger partial charge is 0.182 e. The van der Waals surface area contributed by atoms with E-state index in [1.54, 1.807) is 24.3 Å². The van der Waals surface area contributed by atoms with Crippen molar-refractivity contribution in [3.63, 3.8) is 0 Å². The van der Waals surface area contributed by atoms with Crippen LogP contribution in [0.15, 0.2) is 47.5 Å².